The number of carbonyl (C=O) groups is 1. The molecule has 0 heterocycles. The molecule has 0 atom stereocenters. The summed E-state index contributed by atoms with van der Waals surface area (Å²) in [6.45, 7) is 0. The predicted molar refractivity (Wildman–Crippen MR) is 88.9 cm³/mol. The summed E-state index contributed by atoms with van der Waals surface area (Å²) in [6, 6.07) is 10.1. The molecule has 1 aromatic carbocycles. The zero-order valence-corrected chi connectivity index (χ0v) is 16.4. The van der Waals surface area contributed by atoms with Gasteiger partial charge in [0.2, 0.25) is 0 Å². The van der Waals surface area contributed by atoms with Crippen molar-refractivity contribution in [1.29, 1.82) is 0 Å². The van der Waals surface area contributed by atoms with Crippen LogP contribution in [0.5, 0.6) is 0 Å². The molecule has 23 heavy (non-hydrogen) atoms. The Bertz CT molecular complexity index is 579. The van der Waals surface area contributed by atoms with Gasteiger partial charge in [0.25, 0.3) is 0 Å². The standard InChI is InChI=1S/C21H23O.Y/c22-20(9-5-4-8-16-6-2-1-3-7-16)21-13-17-10-18(14-21)12-19(11-17)15-21;/h1-3,5-9,17-19H,10-15H2;/q-1;+3/b9-5+;. The summed E-state index contributed by atoms with van der Waals surface area (Å²) in [6.07, 6.45) is 16.3. The molecule has 1 nitrogen and oxygen atoms in total. The molecular formula is C21H23OY+2. The summed E-state index contributed by atoms with van der Waals surface area (Å²) in [4.78, 5) is 12.8. The third kappa shape index (κ3) is 3.61. The summed E-state index contributed by atoms with van der Waals surface area (Å²) in [5.41, 5.74) is 1.11. The summed E-state index contributed by atoms with van der Waals surface area (Å²) in [7, 11) is 0. The number of ketones is 1. The van der Waals surface area contributed by atoms with E-state index in [1.165, 1.54) is 19.3 Å². The topological polar surface area (TPSA) is 17.1 Å². The third-order valence-electron chi connectivity index (χ3n) is 5.94. The van der Waals surface area contributed by atoms with Crippen molar-refractivity contribution in [3.8, 4) is 0 Å². The molecule has 0 unspecified atom stereocenters. The summed E-state index contributed by atoms with van der Waals surface area (Å²) < 4.78 is 0. The Hall–Kier alpha value is -0.526. The first-order chi connectivity index (χ1) is 10.7. The van der Waals surface area contributed by atoms with Crippen LogP contribution in [0.15, 0.2) is 42.5 Å². The number of allylic oxidation sites excluding steroid dienone is 3. The van der Waals surface area contributed by atoms with Gasteiger partial charge in [0, 0.05) is 5.41 Å². The minimum atomic E-state index is -0.0142. The fraction of sp³-hybridized carbons (Fsp3) is 0.476. The average molecular weight is 380 g/mol. The van der Waals surface area contributed by atoms with E-state index in [1.807, 2.05) is 42.5 Å². The zero-order chi connectivity index (χ0) is 15.0. The van der Waals surface area contributed by atoms with Gasteiger partial charge >= 0.3 is 32.7 Å². The molecule has 4 saturated carbocycles. The number of benzene rings is 1. The average Bonchev–Trinajstić information content (AvgIpc) is 2.51. The quantitative estimate of drug-likeness (QED) is 0.415. The van der Waals surface area contributed by atoms with Crippen LogP contribution in [0, 0.1) is 29.2 Å². The van der Waals surface area contributed by atoms with E-state index < -0.39 is 0 Å². The van der Waals surface area contributed by atoms with Gasteiger partial charge in [-0.3, -0.25) is 0 Å². The van der Waals surface area contributed by atoms with E-state index in [9.17, 15) is 4.79 Å². The number of carbonyl (C=O) groups excluding carboxylic acids is 1. The third-order valence-corrected chi connectivity index (χ3v) is 5.94. The Balaban J connectivity index is 0.00000156. The van der Waals surface area contributed by atoms with Gasteiger partial charge in [0.05, 0.1) is 0 Å². The SMILES string of the molecule is O=C(/C=C/[C-]=Cc1ccccc1)C12CC3CC(CC(C3)C1)C2.[Y+3]. The molecule has 0 saturated heterocycles. The Morgan fingerprint density at radius 2 is 1.57 bits per heavy atom. The Morgan fingerprint density at radius 3 is 2.13 bits per heavy atom. The van der Waals surface area contributed by atoms with E-state index in [0.29, 0.717) is 5.78 Å². The molecule has 4 fully saturated rings. The summed E-state index contributed by atoms with van der Waals surface area (Å²) in [5, 5.41) is 0. The van der Waals surface area contributed by atoms with E-state index in [0.717, 1.165) is 42.6 Å². The van der Waals surface area contributed by atoms with Crippen LogP contribution in [-0.4, -0.2) is 5.78 Å². The molecule has 0 N–H and O–H groups in total. The van der Waals surface area contributed by atoms with Gasteiger partial charge in [-0.1, -0.05) is 18.2 Å². The Morgan fingerprint density at radius 1 is 1.00 bits per heavy atom. The normalized spacial score (nSPS) is 34.9. The molecule has 2 heteroatoms. The summed E-state index contributed by atoms with van der Waals surface area (Å²) in [5.74, 6) is 2.84. The second-order valence-corrected chi connectivity index (χ2v) is 7.62. The van der Waals surface area contributed by atoms with Gasteiger partial charge in [-0.25, -0.2) is 0 Å². The van der Waals surface area contributed by atoms with Crippen LogP contribution in [-0.2, 0) is 37.5 Å². The Labute approximate surface area is 164 Å². The van der Waals surface area contributed by atoms with Crippen molar-refractivity contribution in [2.75, 3.05) is 0 Å². The van der Waals surface area contributed by atoms with Crippen molar-refractivity contribution in [1.82, 2.24) is 0 Å². The van der Waals surface area contributed by atoms with E-state index in [1.54, 1.807) is 6.08 Å². The van der Waals surface area contributed by atoms with Crippen molar-refractivity contribution in [3.63, 3.8) is 0 Å². The van der Waals surface area contributed by atoms with Crippen molar-refractivity contribution in [3.05, 3.63) is 54.1 Å². The molecule has 0 aliphatic heterocycles. The predicted octanol–water partition coefficient (Wildman–Crippen LogP) is 4.84. The van der Waals surface area contributed by atoms with Crippen molar-refractivity contribution in [2.24, 2.45) is 23.2 Å². The van der Waals surface area contributed by atoms with E-state index >= 15 is 0 Å². The largest absolute Gasteiger partial charge is 3.00 e. The minimum Gasteiger partial charge on any atom is -0.309 e. The van der Waals surface area contributed by atoms with Crippen LogP contribution in [0.25, 0.3) is 6.08 Å². The maximum absolute atomic E-state index is 12.8. The van der Waals surface area contributed by atoms with Crippen molar-refractivity contribution in [2.45, 2.75) is 38.5 Å². The number of rotatable bonds is 4. The van der Waals surface area contributed by atoms with Gasteiger partial charge in [0.15, 0.2) is 0 Å². The monoisotopic (exact) mass is 380 g/mol. The number of hydrogen-bond donors (Lipinski definition) is 0. The van der Waals surface area contributed by atoms with Gasteiger partial charge in [-0.2, -0.15) is 18.2 Å². The second-order valence-electron chi connectivity index (χ2n) is 7.62. The molecule has 0 aromatic heterocycles. The van der Waals surface area contributed by atoms with Gasteiger partial charge in [-0.15, -0.1) is 23.8 Å². The van der Waals surface area contributed by atoms with E-state index in [2.05, 4.69) is 6.08 Å². The van der Waals surface area contributed by atoms with Crippen LogP contribution in [0.3, 0.4) is 0 Å². The first-order valence-electron chi connectivity index (χ1n) is 8.59. The molecule has 0 radical (unpaired) electrons. The maximum atomic E-state index is 12.8. The van der Waals surface area contributed by atoms with Crippen LogP contribution in [0.1, 0.15) is 44.1 Å². The summed E-state index contributed by atoms with van der Waals surface area (Å²) >= 11 is 0. The van der Waals surface area contributed by atoms with Crippen LogP contribution >= 0.6 is 0 Å². The molecule has 4 aliphatic rings. The smallest absolute Gasteiger partial charge is 0.309 e. The minimum absolute atomic E-state index is 0. The van der Waals surface area contributed by atoms with Crippen LogP contribution in [0.4, 0.5) is 0 Å². The molecule has 0 spiro atoms. The fourth-order valence-electron chi connectivity index (χ4n) is 5.41. The first-order valence-corrected chi connectivity index (χ1v) is 8.59. The van der Waals surface area contributed by atoms with E-state index in [4.69, 9.17) is 0 Å². The molecule has 1 aromatic rings. The van der Waals surface area contributed by atoms with Gasteiger partial charge < -0.3 is 4.79 Å². The zero-order valence-electron chi connectivity index (χ0n) is 13.6. The van der Waals surface area contributed by atoms with Crippen molar-refractivity contribution < 1.29 is 37.5 Å². The second kappa shape index (κ2) is 7.15. The van der Waals surface area contributed by atoms with E-state index in [-0.39, 0.29) is 38.1 Å². The molecule has 114 valence electrons. The van der Waals surface area contributed by atoms with Crippen molar-refractivity contribution >= 4 is 11.9 Å². The van der Waals surface area contributed by atoms with Crippen LogP contribution < -0.4 is 0 Å². The van der Waals surface area contributed by atoms with Gasteiger partial charge in [0.1, 0.15) is 5.78 Å². The fourth-order valence-corrected chi connectivity index (χ4v) is 5.41. The first kappa shape index (κ1) is 17.3. The van der Waals surface area contributed by atoms with Gasteiger partial charge in [-0.05, 0) is 56.3 Å². The molecular weight excluding hydrogens is 357 g/mol. The Kier molecular flexibility index (Phi) is 5.38. The molecule has 4 bridgehead atoms. The molecule has 0 amide bonds. The maximum Gasteiger partial charge on any atom is 3.00 e. The molecule has 5 rings (SSSR count). The number of hydrogen-bond acceptors (Lipinski definition) is 1. The molecule has 4 aliphatic carbocycles. The van der Waals surface area contributed by atoms with Crippen LogP contribution in [0.2, 0.25) is 0 Å².